The molecule has 0 spiro atoms. The second kappa shape index (κ2) is 9.95. The molecule has 4 atom stereocenters. The molecule has 3 aromatic rings. The maximum absolute atomic E-state index is 7.11. The van der Waals surface area contributed by atoms with E-state index in [1.807, 2.05) is 60.9 Å². The molecule has 0 amide bonds. The van der Waals surface area contributed by atoms with E-state index in [0.29, 0.717) is 17.6 Å². The predicted molar refractivity (Wildman–Crippen MR) is 135 cm³/mol. The van der Waals surface area contributed by atoms with Crippen LogP contribution in [-0.4, -0.2) is 48.3 Å². The molecule has 2 aliphatic heterocycles. The van der Waals surface area contributed by atoms with Crippen molar-refractivity contribution < 1.29 is 18.9 Å². The number of thioether (sulfide) groups is 1. The monoisotopic (exact) mass is 478 g/mol. The van der Waals surface area contributed by atoms with E-state index in [2.05, 4.69) is 36.4 Å². The summed E-state index contributed by atoms with van der Waals surface area (Å²) in [5, 5.41) is 0. The molecule has 0 aromatic heterocycles. The average molecular weight is 479 g/mol. The van der Waals surface area contributed by atoms with E-state index in [-0.39, 0.29) is 24.4 Å². The molecular formula is C27H26O4S2. The van der Waals surface area contributed by atoms with E-state index in [1.54, 1.807) is 0 Å². The summed E-state index contributed by atoms with van der Waals surface area (Å²) in [7, 11) is 0. The normalized spacial score (nSPS) is 24.4. The number of benzene rings is 3. The van der Waals surface area contributed by atoms with Gasteiger partial charge in [0.15, 0.2) is 6.10 Å². The van der Waals surface area contributed by atoms with Crippen LogP contribution < -0.4 is 0 Å². The highest BCUT2D eigenvalue weighted by Crippen LogP contribution is 2.44. The lowest BCUT2D eigenvalue weighted by molar-refractivity contribution is -0.0956. The Bertz CT molecular complexity index is 965. The Balaban J connectivity index is 1.55. The smallest absolute Gasteiger partial charge is 0.220 e. The number of rotatable bonds is 6. The average Bonchev–Trinajstić information content (AvgIpc) is 3.47. The second-order valence-electron chi connectivity index (χ2n) is 8.14. The molecule has 0 N–H and O–H groups in total. The molecule has 0 saturated carbocycles. The first-order chi connectivity index (χ1) is 16.2. The fraction of sp³-hybridized carbons (Fsp3) is 0.296. The molecule has 33 heavy (non-hydrogen) atoms. The van der Waals surface area contributed by atoms with E-state index in [9.17, 15) is 0 Å². The molecule has 2 saturated heterocycles. The third-order valence-corrected chi connectivity index (χ3v) is 7.27. The van der Waals surface area contributed by atoms with Crippen LogP contribution in [0.5, 0.6) is 0 Å². The molecule has 5 rings (SSSR count). The summed E-state index contributed by atoms with van der Waals surface area (Å²) < 4.78 is 25.8. The Morgan fingerprint density at radius 3 is 1.64 bits per heavy atom. The van der Waals surface area contributed by atoms with Gasteiger partial charge in [-0.3, -0.25) is 0 Å². The maximum Gasteiger partial charge on any atom is 0.220 e. The second-order valence-corrected chi connectivity index (χ2v) is 9.55. The van der Waals surface area contributed by atoms with E-state index in [0.717, 1.165) is 16.7 Å². The molecule has 2 heterocycles. The van der Waals surface area contributed by atoms with Gasteiger partial charge in [0, 0.05) is 0 Å². The van der Waals surface area contributed by atoms with Gasteiger partial charge in [0.25, 0.3) is 0 Å². The Morgan fingerprint density at radius 1 is 0.758 bits per heavy atom. The van der Waals surface area contributed by atoms with Crippen molar-refractivity contribution in [3.63, 3.8) is 0 Å². The van der Waals surface area contributed by atoms with Crippen LogP contribution in [0.15, 0.2) is 91.0 Å². The first-order valence-corrected chi connectivity index (χ1v) is 12.7. The van der Waals surface area contributed by atoms with Crippen molar-refractivity contribution in [2.75, 3.05) is 19.5 Å². The molecule has 170 valence electrons. The zero-order valence-electron chi connectivity index (χ0n) is 18.3. The summed E-state index contributed by atoms with van der Waals surface area (Å²) in [5.41, 5.74) is 2.35. The van der Waals surface area contributed by atoms with E-state index in [4.69, 9.17) is 31.2 Å². The molecule has 6 heteroatoms. The summed E-state index contributed by atoms with van der Waals surface area (Å²) in [6.45, 7) is 0.861. The Kier molecular flexibility index (Phi) is 6.81. The number of fused-ring (bicyclic) bond motifs is 1. The lowest BCUT2D eigenvalue weighted by Gasteiger charge is -2.38. The van der Waals surface area contributed by atoms with Crippen LogP contribution in [0.25, 0.3) is 0 Å². The fourth-order valence-corrected chi connectivity index (χ4v) is 5.10. The van der Waals surface area contributed by atoms with Crippen molar-refractivity contribution in [1.82, 2.24) is 0 Å². The molecule has 2 fully saturated rings. The third-order valence-electron chi connectivity index (χ3n) is 6.25. The van der Waals surface area contributed by atoms with E-state index in [1.165, 1.54) is 11.8 Å². The van der Waals surface area contributed by atoms with E-state index < -0.39 is 5.60 Å². The fourth-order valence-electron chi connectivity index (χ4n) is 4.75. The number of hydrogen-bond acceptors (Lipinski definition) is 6. The van der Waals surface area contributed by atoms with Gasteiger partial charge in [0.2, 0.25) is 4.38 Å². The highest BCUT2D eigenvalue weighted by Gasteiger charge is 2.53. The number of thiocarbonyl (C=S) groups is 1. The number of ether oxygens (including phenoxy) is 4. The summed E-state index contributed by atoms with van der Waals surface area (Å²) >= 11 is 6.67. The zero-order chi connectivity index (χ0) is 22.7. The van der Waals surface area contributed by atoms with Crippen LogP contribution in [0, 0.1) is 0 Å². The molecule has 0 bridgehead atoms. The molecule has 3 aromatic carbocycles. The van der Waals surface area contributed by atoms with Gasteiger partial charge in [-0.15, -0.1) is 0 Å². The Labute approximate surface area is 204 Å². The predicted octanol–water partition coefficient (Wildman–Crippen LogP) is 5.19. The van der Waals surface area contributed by atoms with Gasteiger partial charge in [-0.05, 0) is 35.2 Å². The lowest BCUT2D eigenvalue weighted by Crippen LogP contribution is -2.42. The standard InChI is InChI=1S/C27H26O4S2/c1-33-26(32)30-22-17-28-25-23(18-29-24(22)25)31-27(19-11-5-2-6-12-19,20-13-7-3-8-14-20)21-15-9-4-10-16-21/h2-16,22-25H,17-18H2,1H3/t22-,23+,24-,25-/m1/s1. The van der Waals surface area contributed by atoms with Crippen LogP contribution >= 0.6 is 24.0 Å². The summed E-state index contributed by atoms with van der Waals surface area (Å²) in [5.74, 6) is 0. The van der Waals surface area contributed by atoms with Gasteiger partial charge in [-0.2, -0.15) is 0 Å². The molecule has 0 unspecified atom stereocenters. The summed E-state index contributed by atoms with van der Waals surface area (Å²) in [4.78, 5) is 0. The minimum absolute atomic E-state index is 0.208. The molecule has 2 aliphatic rings. The van der Waals surface area contributed by atoms with Gasteiger partial charge in [-0.1, -0.05) is 103 Å². The zero-order valence-corrected chi connectivity index (χ0v) is 20.0. The highest BCUT2D eigenvalue weighted by molar-refractivity contribution is 8.22. The highest BCUT2D eigenvalue weighted by atomic mass is 32.2. The first-order valence-electron chi connectivity index (χ1n) is 11.0. The van der Waals surface area contributed by atoms with Gasteiger partial charge in [0.1, 0.15) is 23.9 Å². The third kappa shape index (κ3) is 4.34. The molecular weight excluding hydrogens is 452 g/mol. The van der Waals surface area contributed by atoms with Gasteiger partial charge < -0.3 is 18.9 Å². The molecule has 0 aliphatic carbocycles. The van der Waals surface area contributed by atoms with Crippen molar-refractivity contribution in [3.8, 4) is 0 Å². The number of hydrogen-bond donors (Lipinski definition) is 0. The van der Waals surface area contributed by atoms with Crippen LogP contribution in [0.3, 0.4) is 0 Å². The van der Waals surface area contributed by atoms with Crippen molar-refractivity contribution in [2.24, 2.45) is 0 Å². The van der Waals surface area contributed by atoms with E-state index >= 15 is 0 Å². The van der Waals surface area contributed by atoms with Gasteiger partial charge >= 0.3 is 0 Å². The summed E-state index contributed by atoms with van der Waals surface area (Å²) in [6, 6.07) is 31.1. The van der Waals surface area contributed by atoms with Crippen LogP contribution in [0.2, 0.25) is 0 Å². The largest absolute Gasteiger partial charge is 0.470 e. The van der Waals surface area contributed by atoms with Gasteiger partial charge in [0.05, 0.1) is 13.2 Å². The maximum atomic E-state index is 7.11. The first kappa shape index (κ1) is 22.6. The van der Waals surface area contributed by atoms with Crippen LogP contribution in [0.4, 0.5) is 0 Å². The molecule has 4 nitrogen and oxygen atoms in total. The quantitative estimate of drug-likeness (QED) is 0.358. The van der Waals surface area contributed by atoms with Crippen LogP contribution in [0.1, 0.15) is 16.7 Å². The Hall–Kier alpha value is -2.22. The van der Waals surface area contributed by atoms with Crippen molar-refractivity contribution in [3.05, 3.63) is 108 Å². The topological polar surface area (TPSA) is 36.9 Å². The van der Waals surface area contributed by atoms with Crippen LogP contribution in [-0.2, 0) is 24.5 Å². The van der Waals surface area contributed by atoms with Crippen molar-refractivity contribution >= 4 is 28.4 Å². The molecule has 0 radical (unpaired) electrons. The minimum atomic E-state index is -0.816. The minimum Gasteiger partial charge on any atom is -0.470 e. The van der Waals surface area contributed by atoms with Crippen molar-refractivity contribution in [1.29, 1.82) is 0 Å². The van der Waals surface area contributed by atoms with Gasteiger partial charge in [-0.25, -0.2) is 0 Å². The lowest BCUT2D eigenvalue weighted by atomic mass is 9.79. The SMILES string of the molecule is CSC(=S)O[C@@H]1CO[C@H]2[C@@H]1OC[C@@H]2OC(c1ccccc1)(c1ccccc1)c1ccccc1. The Morgan fingerprint density at radius 2 is 1.18 bits per heavy atom. The summed E-state index contributed by atoms with van der Waals surface area (Å²) in [6.07, 6.45) is 0.982. The van der Waals surface area contributed by atoms with Crippen molar-refractivity contribution in [2.45, 2.75) is 30.0 Å².